The zero-order valence-corrected chi connectivity index (χ0v) is 20.0. The minimum atomic E-state index is -0.566. The van der Waals surface area contributed by atoms with E-state index < -0.39 is 5.60 Å². The molecule has 3 aromatic heterocycles. The smallest absolute Gasteiger partial charge is 0.410 e. The maximum Gasteiger partial charge on any atom is 0.410 e. The summed E-state index contributed by atoms with van der Waals surface area (Å²) in [6.07, 6.45) is 5.47. The Morgan fingerprint density at radius 2 is 1.91 bits per heavy atom. The topological polar surface area (TPSA) is 104 Å². The third-order valence-corrected chi connectivity index (χ3v) is 5.86. The molecule has 9 nitrogen and oxygen atoms in total. The molecule has 4 heterocycles. The molecule has 1 fully saturated rings. The second-order valence-electron chi connectivity index (χ2n) is 9.60. The van der Waals surface area contributed by atoms with Crippen molar-refractivity contribution in [2.75, 3.05) is 18.0 Å². The number of carbonyl (C=O) groups is 2. The largest absolute Gasteiger partial charge is 0.444 e. The number of pyridine rings is 2. The first-order valence-electron chi connectivity index (χ1n) is 11.2. The van der Waals surface area contributed by atoms with E-state index in [-0.39, 0.29) is 18.2 Å². The highest BCUT2D eigenvalue weighted by molar-refractivity contribution is 6.04. The van der Waals surface area contributed by atoms with Crippen molar-refractivity contribution in [2.45, 2.75) is 52.3 Å². The van der Waals surface area contributed by atoms with Gasteiger partial charge in [-0.05, 0) is 52.8 Å². The lowest BCUT2D eigenvalue weighted by atomic mass is 10.1. The van der Waals surface area contributed by atoms with Crippen LogP contribution in [0, 0.1) is 11.3 Å². The molecule has 0 saturated carbocycles. The van der Waals surface area contributed by atoms with E-state index in [0.717, 1.165) is 11.8 Å². The van der Waals surface area contributed by atoms with E-state index >= 15 is 0 Å². The number of hydrogen-bond donors (Lipinski definition) is 0. The van der Waals surface area contributed by atoms with Gasteiger partial charge >= 0.3 is 6.09 Å². The summed E-state index contributed by atoms with van der Waals surface area (Å²) in [6, 6.07) is 7.10. The Kier molecular flexibility index (Phi) is 6.00. The van der Waals surface area contributed by atoms with Crippen LogP contribution < -0.4 is 4.90 Å². The lowest BCUT2D eigenvalue weighted by Crippen LogP contribution is -2.59. The minimum absolute atomic E-state index is 0.0512. The summed E-state index contributed by atoms with van der Waals surface area (Å²) in [7, 11) is 0. The zero-order valence-electron chi connectivity index (χ0n) is 20.0. The summed E-state index contributed by atoms with van der Waals surface area (Å²) < 4.78 is 7.39. The summed E-state index contributed by atoms with van der Waals surface area (Å²) in [5, 5.41) is 9.98. The first-order valence-corrected chi connectivity index (χ1v) is 11.2. The number of ether oxygens (including phenoxy) is 1. The van der Waals surface area contributed by atoms with Gasteiger partial charge in [-0.3, -0.25) is 4.79 Å². The molecule has 0 spiro atoms. The summed E-state index contributed by atoms with van der Waals surface area (Å²) in [6.45, 7) is 10.6. The predicted molar refractivity (Wildman–Crippen MR) is 128 cm³/mol. The fourth-order valence-corrected chi connectivity index (χ4v) is 4.30. The third kappa shape index (κ3) is 4.31. The van der Waals surface area contributed by atoms with Crippen LogP contribution in [0.4, 0.5) is 10.6 Å². The average molecular weight is 461 g/mol. The number of fused-ring (bicyclic) bond motifs is 1. The number of anilines is 1. The van der Waals surface area contributed by atoms with Crippen LogP contribution in [0.5, 0.6) is 0 Å². The summed E-state index contributed by atoms with van der Waals surface area (Å²) in [5.41, 5.74) is 1.17. The second-order valence-corrected chi connectivity index (χ2v) is 9.60. The van der Waals surface area contributed by atoms with Crippen LogP contribution in [0.3, 0.4) is 0 Å². The maximum absolute atomic E-state index is 12.7. The zero-order chi connectivity index (χ0) is 24.6. The molecule has 9 heteroatoms. The van der Waals surface area contributed by atoms with Gasteiger partial charge in [0.2, 0.25) is 0 Å². The number of nitriles is 1. The molecule has 34 heavy (non-hydrogen) atoms. The van der Waals surface area contributed by atoms with Crippen molar-refractivity contribution in [2.24, 2.45) is 0 Å². The highest BCUT2D eigenvalue weighted by Gasteiger charge is 2.36. The molecular weight excluding hydrogens is 432 g/mol. The lowest BCUT2D eigenvalue weighted by Gasteiger charge is -2.44. The van der Waals surface area contributed by atoms with Crippen LogP contribution >= 0.6 is 0 Å². The summed E-state index contributed by atoms with van der Waals surface area (Å²) in [5.74, 6) is 1.23. The molecule has 0 aromatic carbocycles. The molecule has 1 saturated heterocycles. The molecular formula is C25H28N6O3. The molecule has 1 aliphatic heterocycles. The van der Waals surface area contributed by atoms with Crippen molar-refractivity contribution in [3.05, 3.63) is 47.9 Å². The molecule has 3 aromatic rings. The average Bonchev–Trinajstić information content (AvgIpc) is 3.18. The molecule has 0 aliphatic carbocycles. The van der Waals surface area contributed by atoms with Gasteiger partial charge in [-0.15, -0.1) is 0 Å². The Balaban J connectivity index is 1.73. The van der Waals surface area contributed by atoms with Crippen molar-refractivity contribution in [1.82, 2.24) is 19.4 Å². The van der Waals surface area contributed by atoms with Gasteiger partial charge in [-0.2, -0.15) is 5.26 Å². The van der Waals surface area contributed by atoms with Crippen molar-refractivity contribution in [3.63, 3.8) is 0 Å². The fourth-order valence-electron chi connectivity index (χ4n) is 4.30. The van der Waals surface area contributed by atoms with E-state index in [1.807, 2.05) is 40.7 Å². The van der Waals surface area contributed by atoms with Crippen LogP contribution in [0.1, 0.15) is 50.5 Å². The standard InChI is InChI=1S/C25H28N6O3/c1-16-13-30(24(33)34-25(3,4)5)17(2)12-29(16)23-22-19(15-32)14-31(20(22)7-9-28-23)21-10-18(11-26)6-8-27-21/h6-10,14-17H,12-13H2,1-5H3/t16-,17+/m0/s1. The summed E-state index contributed by atoms with van der Waals surface area (Å²) >= 11 is 0. The quantitative estimate of drug-likeness (QED) is 0.545. The van der Waals surface area contributed by atoms with E-state index in [4.69, 9.17) is 4.74 Å². The molecule has 0 radical (unpaired) electrons. The van der Waals surface area contributed by atoms with Crippen molar-refractivity contribution < 1.29 is 14.3 Å². The highest BCUT2D eigenvalue weighted by Crippen LogP contribution is 2.33. The Hall–Kier alpha value is -3.93. The molecule has 0 bridgehead atoms. The van der Waals surface area contributed by atoms with E-state index in [2.05, 4.69) is 20.9 Å². The van der Waals surface area contributed by atoms with Gasteiger partial charge in [-0.25, -0.2) is 14.8 Å². The van der Waals surface area contributed by atoms with Crippen LogP contribution in [-0.2, 0) is 4.74 Å². The monoisotopic (exact) mass is 460 g/mol. The Bertz CT molecular complexity index is 1290. The van der Waals surface area contributed by atoms with Crippen molar-refractivity contribution in [1.29, 1.82) is 5.26 Å². The van der Waals surface area contributed by atoms with Crippen LogP contribution in [0.25, 0.3) is 16.7 Å². The molecule has 1 aliphatic rings. The number of amides is 1. The Morgan fingerprint density at radius 3 is 2.59 bits per heavy atom. The number of carbonyl (C=O) groups excluding carboxylic acids is 2. The SMILES string of the molecule is C[C@@H]1CN(c2nccc3c2c(C=O)cn3-c2cc(C#N)ccn2)[C@@H](C)CN1C(=O)OC(C)(C)C. The number of hydrogen-bond acceptors (Lipinski definition) is 7. The first kappa shape index (κ1) is 23.2. The van der Waals surface area contributed by atoms with Crippen molar-refractivity contribution >= 4 is 29.1 Å². The lowest BCUT2D eigenvalue weighted by molar-refractivity contribution is 0.0130. The van der Waals surface area contributed by atoms with Gasteiger partial charge in [0.25, 0.3) is 0 Å². The molecule has 176 valence electrons. The van der Waals surface area contributed by atoms with E-state index in [1.54, 1.807) is 40.2 Å². The Labute approximate surface area is 198 Å². The molecule has 4 rings (SSSR count). The van der Waals surface area contributed by atoms with Gasteiger partial charge in [0, 0.05) is 49.3 Å². The fraction of sp³-hybridized carbons (Fsp3) is 0.400. The van der Waals surface area contributed by atoms with E-state index in [1.165, 1.54) is 0 Å². The maximum atomic E-state index is 12.7. The number of aldehydes is 1. The number of piperazine rings is 1. The van der Waals surface area contributed by atoms with E-state index in [0.29, 0.717) is 41.2 Å². The molecule has 0 unspecified atom stereocenters. The number of rotatable bonds is 3. The van der Waals surface area contributed by atoms with Gasteiger partial charge in [0.05, 0.1) is 22.5 Å². The van der Waals surface area contributed by atoms with Gasteiger partial charge in [0.15, 0.2) is 6.29 Å². The van der Waals surface area contributed by atoms with Gasteiger partial charge in [-0.1, -0.05) is 0 Å². The van der Waals surface area contributed by atoms with Gasteiger partial charge in [0.1, 0.15) is 17.2 Å². The van der Waals surface area contributed by atoms with Crippen LogP contribution in [-0.4, -0.2) is 62.6 Å². The molecule has 1 amide bonds. The van der Waals surface area contributed by atoms with E-state index in [9.17, 15) is 14.9 Å². The molecule has 2 atom stereocenters. The third-order valence-electron chi connectivity index (χ3n) is 5.86. The van der Waals surface area contributed by atoms with Crippen LogP contribution in [0.15, 0.2) is 36.8 Å². The normalized spacial score (nSPS) is 18.6. The summed E-state index contributed by atoms with van der Waals surface area (Å²) in [4.78, 5) is 37.7. The number of aromatic nitrogens is 3. The predicted octanol–water partition coefficient (Wildman–Crippen LogP) is 3.94. The van der Waals surface area contributed by atoms with Crippen molar-refractivity contribution in [3.8, 4) is 11.9 Å². The Morgan fingerprint density at radius 1 is 1.18 bits per heavy atom. The molecule has 0 N–H and O–H groups in total. The van der Waals surface area contributed by atoms with Gasteiger partial charge < -0.3 is 19.1 Å². The highest BCUT2D eigenvalue weighted by atomic mass is 16.6. The first-order chi connectivity index (χ1) is 16.1. The van der Waals surface area contributed by atoms with Crippen LogP contribution in [0.2, 0.25) is 0 Å². The second kappa shape index (κ2) is 8.78. The minimum Gasteiger partial charge on any atom is -0.444 e. The number of nitrogens with zero attached hydrogens (tertiary/aromatic N) is 6.